The van der Waals surface area contributed by atoms with Gasteiger partial charge in [0.2, 0.25) is 0 Å². The van der Waals surface area contributed by atoms with Gasteiger partial charge in [0.05, 0.1) is 16.9 Å². The first kappa shape index (κ1) is 17.1. The summed E-state index contributed by atoms with van der Waals surface area (Å²) in [6.45, 7) is 3.73. The number of fused-ring (bicyclic) bond motifs is 1. The summed E-state index contributed by atoms with van der Waals surface area (Å²) in [5, 5.41) is 8.07. The zero-order chi connectivity index (χ0) is 18.2. The first-order valence-corrected chi connectivity index (χ1v) is 7.52. The third kappa shape index (κ3) is 3.52. The van der Waals surface area contributed by atoms with Crippen LogP contribution in [0.25, 0.3) is 5.65 Å². The molecule has 2 aromatic heterocycles. The van der Waals surface area contributed by atoms with E-state index in [4.69, 9.17) is 0 Å². The minimum atomic E-state index is -4.47. The highest BCUT2D eigenvalue weighted by molar-refractivity contribution is 5.54. The maximum Gasteiger partial charge on any atom is 0.417 e. The Morgan fingerprint density at radius 1 is 1.00 bits per heavy atom. The molecular formula is C17H14F4N4. The Kier molecular flexibility index (Phi) is 4.28. The minimum absolute atomic E-state index is 0.0589. The molecule has 0 saturated carbocycles. The smallest absolute Gasteiger partial charge is 0.282 e. The molecule has 0 unspecified atom stereocenters. The Balaban J connectivity index is 2.13. The van der Waals surface area contributed by atoms with Gasteiger partial charge in [0.25, 0.3) is 0 Å². The number of alkyl halides is 3. The normalized spacial score (nSPS) is 12.6. The second-order valence-electron chi connectivity index (χ2n) is 5.80. The van der Waals surface area contributed by atoms with Gasteiger partial charge in [-0.05, 0) is 42.3 Å². The standard InChI is InChI=1S/C17H14F4N4/c1-10(2)15-16(24-23-13-6-4-12(18)5-7-13)25-9-11(17(19,20)21)3-8-14(25)22-15/h3-10H,1-2H3. The zero-order valence-electron chi connectivity index (χ0n) is 13.4. The van der Waals surface area contributed by atoms with Crippen molar-refractivity contribution in [2.45, 2.75) is 25.9 Å². The average Bonchev–Trinajstić information content (AvgIpc) is 2.91. The SMILES string of the molecule is CC(C)c1nc2ccc(C(F)(F)F)cn2c1N=Nc1ccc(F)cc1. The molecule has 0 N–H and O–H groups in total. The molecule has 3 rings (SSSR count). The average molecular weight is 350 g/mol. The second-order valence-corrected chi connectivity index (χ2v) is 5.80. The zero-order valence-corrected chi connectivity index (χ0v) is 13.4. The van der Waals surface area contributed by atoms with Crippen molar-refractivity contribution < 1.29 is 17.6 Å². The van der Waals surface area contributed by atoms with Gasteiger partial charge in [0.1, 0.15) is 11.5 Å². The van der Waals surface area contributed by atoms with E-state index in [1.54, 1.807) is 0 Å². The van der Waals surface area contributed by atoms with Gasteiger partial charge in [-0.25, -0.2) is 9.37 Å². The highest BCUT2D eigenvalue weighted by Gasteiger charge is 2.31. The van der Waals surface area contributed by atoms with Crippen LogP contribution in [0.2, 0.25) is 0 Å². The molecule has 0 bridgehead atoms. The first-order valence-electron chi connectivity index (χ1n) is 7.52. The van der Waals surface area contributed by atoms with Crippen LogP contribution in [0.4, 0.5) is 29.1 Å². The van der Waals surface area contributed by atoms with Crippen molar-refractivity contribution >= 4 is 17.2 Å². The van der Waals surface area contributed by atoms with E-state index in [0.29, 0.717) is 17.0 Å². The van der Waals surface area contributed by atoms with Crippen LogP contribution in [0.3, 0.4) is 0 Å². The van der Waals surface area contributed by atoms with E-state index in [-0.39, 0.29) is 11.7 Å². The molecule has 0 aliphatic carbocycles. The van der Waals surface area contributed by atoms with E-state index < -0.39 is 17.6 Å². The van der Waals surface area contributed by atoms with Crippen molar-refractivity contribution in [3.8, 4) is 0 Å². The predicted molar refractivity (Wildman–Crippen MR) is 84.9 cm³/mol. The summed E-state index contributed by atoms with van der Waals surface area (Å²) in [7, 11) is 0. The van der Waals surface area contributed by atoms with Gasteiger partial charge < -0.3 is 0 Å². The number of rotatable bonds is 3. The number of pyridine rings is 1. The quantitative estimate of drug-likeness (QED) is 0.420. The summed E-state index contributed by atoms with van der Waals surface area (Å²) < 4.78 is 53.1. The van der Waals surface area contributed by atoms with Crippen LogP contribution in [0.5, 0.6) is 0 Å². The highest BCUT2D eigenvalue weighted by Crippen LogP contribution is 2.33. The van der Waals surface area contributed by atoms with Crippen LogP contribution in [0.1, 0.15) is 31.0 Å². The van der Waals surface area contributed by atoms with Gasteiger partial charge in [-0.2, -0.15) is 13.2 Å². The van der Waals surface area contributed by atoms with Crippen LogP contribution in [0.15, 0.2) is 52.8 Å². The van der Waals surface area contributed by atoms with Crippen LogP contribution in [-0.4, -0.2) is 9.38 Å². The molecule has 0 saturated heterocycles. The third-order valence-corrected chi connectivity index (χ3v) is 3.58. The van der Waals surface area contributed by atoms with Gasteiger partial charge in [-0.15, -0.1) is 10.2 Å². The molecule has 0 radical (unpaired) electrons. The molecule has 3 aromatic rings. The van der Waals surface area contributed by atoms with Gasteiger partial charge in [-0.3, -0.25) is 4.40 Å². The maximum absolute atomic E-state index is 13.0. The summed E-state index contributed by atoms with van der Waals surface area (Å²) in [5.41, 5.74) is 0.471. The lowest BCUT2D eigenvalue weighted by molar-refractivity contribution is -0.137. The molecule has 130 valence electrons. The highest BCUT2D eigenvalue weighted by atomic mass is 19.4. The maximum atomic E-state index is 13.0. The summed E-state index contributed by atoms with van der Waals surface area (Å²) in [4.78, 5) is 4.34. The fourth-order valence-corrected chi connectivity index (χ4v) is 2.32. The predicted octanol–water partition coefficient (Wildman–Crippen LogP) is 6.03. The second kappa shape index (κ2) is 6.27. The largest absolute Gasteiger partial charge is 0.417 e. The molecule has 1 aromatic carbocycles. The summed E-state index contributed by atoms with van der Waals surface area (Å²) in [6, 6.07) is 7.59. The Bertz CT molecular complexity index is 924. The fraction of sp³-hybridized carbons (Fsp3) is 0.235. The molecule has 0 spiro atoms. The number of nitrogens with zero attached hydrogens (tertiary/aromatic N) is 4. The van der Waals surface area contributed by atoms with Crippen molar-refractivity contribution in [1.82, 2.24) is 9.38 Å². The van der Waals surface area contributed by atoms with Crippen molar-refractivity contribution in [2.75, 3.05) is 0 Å². The Morgan fingerprint density at radius 2 is 1.68 bits per heavy atom. The molecule has 4 nitrogen and oxygen atoms in total. The van der Waals surface area contributed by atoms with Gasteiger partial charge in [0.15, 0.2) is 5.82 Å². The van der Waals surface area contributed by atoms with Gasteiger partial charge >= 0.3 is 6.18 Å². The lowest BCUT2D eigenvalue weighted by Gasteiger charge is -2.07. The van der Waals surface area contributed by atoms with E-state index in [2.05, 4.69) is 15.2 Å². The molecule has 0 atom stereocenters. The Hall–Kier alpha value is -2.77. The van der Waals surface area contributed by atoms with Gasteiger partial charge in [0, 0.05) is 6.20 Å². The number of benzene rings is 1. The topological polar surface area (TPSA) is 42.0 Å². The van der Waals surface area contributed by atoms with E-state index in [9.17, 15) is 17.6 Å². The fourth-order valence-electron chi connectivity index (χ4n) is 2.32. The lowest BCUT2D eigenvalue weighted by atomic mass is 10.1. The van der Waals surface area contributed by atoms with Gasteiger partial charge in [-0.1, -0.05) is 13.8 Å². The Morgan fingerprint density at radius 3 is 2.28 bits per heavy atom. The molecule has 0 aliphatic rings. The van der Waals surface area contributed by atoms with E-state index in [0.717, 1.165) is 12.3 Å². The molecule has 2 heterocycles. The van der Waals surface area contributed by atoms with E-state index in [1.165, 1.54) is 34.7 Å². The lowest BCUT2D eigenvalue weighted by Crippen LogP contribution is -2.06. The van der Waals surface area contributed by atoms with Crippen molar-refractivity contribution in [3.05, 3.63) is 59.7 Å². The van der Waals surface area contributed by atoms with Crippen LogP contribution in [0, 0.1) is 5.82 Å². The van der Waals surface area contributed by atoms with Crippen LogP contribution in [-0.2, 0) is 6.18 Å². The molecule has 25 heavy (non-hydrogen) atoms. The third-order valence-electron chi connectivity index (χ3n) is 3.58. The van der Waals surface area contributed by atoms with E-state index in [1.807, 2.05) is 13.8 Å². The number of azo groups is 1. The number of aromatic nitrogens is 2. The van der Waals surface area contributed by atoms with Crippen molar-refractivity contribution in [3.63, 3.8) is 0 Å². The summed E-state index contributed by atoms with van der Waals surface area (Å²) >= 11 is 0. The molecule has 0 fully saturated rings. The minimum Gasteiger partial charge on any atom is -0.282 e. The van der Waals surface area contributed by atoms with Crippen molar-refractivity contribution in [2.24, 2.45) is 10.2 Å². The molecule has 8 heteroatoms. The van der Waals surface area contributed by atoms with E-state index >= 15 is 0 Å². The number of hydrogen-bond donors (Lipinski definition) is 0. The summed E-state index contributed by atoms with van der Waals surface area (Å²) in [6.07, 6.45) is -3.52. The molecular weight excluding hydrogens is 336 g/mol. The summed E-state index contributed by atoms with van der Waals surface area (Å²) in [5.74, 6) is -0.247. The van der Waals surface area contributed by atoms with Crippen molar-refractivity contribution in [1.29, 1.82) is 0 Å². The monoisotopic (exact) mass is 350 g/mol. The number of imidazole rings is 1. The first-order chi connectivity index (χ1) is 11.8. The van der Waals surface area contributed by atoms with Crippen LogP contribution < -0.4 is 0 Å². The Labute approximate surface area is 140 Å². The number of hydrogen-bond acceptors (Lipinski definition) is 3. The molecule has 0 amide bonds. The van der Waals surface area contributed by atoms with Crippen LogP contribution >= 0.6 is 0 Å². The number of halogens is 4. The molecule has 0 aliphatic heterocycles.